The highest BCUT2D eigenvalue weighted by molar-refractivity contribution is 7.90. The maximum atomic E-state index is 12.3. The minimum Gasteiger partial charge on any atom is -0.352 e. The van der Waals surface area contributed by atoms with Gasteiger partial charge in [0.15, 0.2) is 9.84 Å². The Morgan fingerprint density at radius 1 is 1.00 bits per heavy atom. The SMILES string of the molecule is Cc1cc(CCNC(=O)c2ccc(S(C)(=O)=O)cc2)c(C)n1-c1ccccc1. The van der Waals surface area contributed by atoms with Gasteiger partial charge in [0.1, 0.15) is 0 Å². The highest BCUT2D eigenvalue weighted by atomic mass is 32.2. The third-order valence-corrected chi connectivity index (χ3v) is 5.90. The number of aryl methyl sites for hydroxylation is 1. The zero-order valence-corrected chi connectivity index (χ0v) is 17.1. The van der Waals surface area contributed by atoms with Crippen molar-refractivity contribution in [3.8, 4) is 5.69 Å². The van der Waals surface area contributed by atoms with Gasteiger partial charge in [0.2, 0.25) is 0 Å². The lowest BCUT2D eigenvalue weighted by Crippen LogP contribution is -2.25. The smallest absolute Gasteiger partial charge is 0.251 e. The summed E-state index contributed by atoms with van der Waals surface area (Å²) < 4.78 is 25.2. The van der Waals surface area contributed by atoms with Crippen molar-refractivity contribution in [1.82, 2.24) is 9.88 Å². The van der Waals surface area contributed by atoms with Crippen molar-refractivity contribution in [2.24, 2.45) is 0 Å². The maximum Gasteiger partial charge on any atom is 0.251 e. The Labute approximate surface area is 165 Å². The van der Waals surface area contributed by atoms with Gasteiger partial charge in [-0.3, -0.25) is 4.79 Å². The van der Waals surface area contributed by atoms with Crippen molar-refractivity contribution in [3.05, 3.63) is 83.2 Å². The van der Waals surface area contributed by atoms with Gasteiger partial charge in [-0.05, 0) is 68.3 Å². The van der Waals surface area contributed by atoms with E-state index in [2.05, 4.69) is 41.9 Å². The number of hydrogen-bond donors (Lipinski definition) is 1. The van der Waals surface area contributed by atoms with Crippen molar-refractivity contribution in [1.29, 1.82) is 0 Å². The second kappa shape index (κ2) is 8.02. The second-order valence-electron chi connectivity index (χ2n) is 6.87. The molecular weight excluding hydrogens is 372 g/mol. The van der Waals surface area contributed by atoms with Crippen LogP contribution in [-0.4, -0.2) is 31.7 Å². The van der Waals surface area contributed by atoms with Crippen LogP contribution in [0.25, 0.3) is 5.69 Å². The summed E-state index contributed by atoms with van der Waals surface area (Å²) in [6.07, 6.45) is 1.87. The number of rotatable bonds is 6. The van der Waals surface area contributed by atoms with E-state index in [9.17, 15) is 13.2 Å². The first-order chi connectivity index (χ1) is 13.3. The Kier molecular flexibility index (Phi) is 5.70. The molecule has 0 radical (unpaired) electrons. The number of amides is 1. The molecule has 28 heavy (non-hydrogen) atoms. The standard InChI is InChI=1S/C22H24N2O3S/c1-16-15-19(17(2)24(16)20-7-5-4-6-8-20)13-14-23-22(25)18-9-11-21(12-10-18)28(3,26)27/h4-12,15H,13-14H2,1-3H3,(H,23,25). The Balaban J connectivity index is 1.65. The van der Waals surface area contributed by atoms with Crippen LogP contribution in [0, 0.1) is 13.8 Å². The summed E-state index contributed by atoms with van der Waals surface area (Å²) >= 11 is 0. The zero-order chi connectivity index (χ0) is 20.3. The lowest BCUT2D eigenvalue weighted by atomic mass is 10.1. The molecule has 1 heterocycles. The average molecular weight is 397 g/mol. The molecule has 0 fully saturated rings. The quantitative estimate of drug-likeness (QED) is 0.694. The molecule has 146 valence electrons. The summed E-state index contributed by atoms with van der Waals surface area (Å²) in [5.41, 5.74) is 5.08. The minimum absolute atomic E-state index is 0.206. The summed E-state index contributed by atoms with van der Waals surface area (Å²) in [5.74, 6) is -0.211. The number of benzene rings is 2. The lowest BCUT2D eigenvalue weighted by Gasteiger charge is -2.10. The van der Waals surface area contributed by atoms with Crippen molar-refractivity contribution >= 4 is 15.7 Å². The van der Waals surface area contributed by atoms with Gasteiger partial charge in [0.25, 0.3) is 5.91 Å². The maximum absolute atomic E-state index is 12.3. The van der Waals surface area contributed by atoms with Crippen molar-refractivity contribution in [2.45, 2.75) is 25.2 Å². The monoisotopic (exact) mass is 396 g/mol. The Morgan fingerprint density at radius 2 is 1.64 bits per heavy atom. The van der Waals surface area contributed by atoms with Gasteiger partial charge in [-0.25, -0.2) is 8.42 Å². The van der Waals surface area contributed by atoms with Gasteiger partial charge in [-0.15, -0.1) is 0 Å². The van der Waals surface area contributed by atoms with Crippen LogP contribution in [0.3, 0.4) is 0 Å². The molecular formula is C22H24N2O3S. The molecule has 3 rings (SSSR count). The predicted molar refractivity (Wildman–Crippen MR) is 111 cm³/mol. The lowest BCUT2D eigenvalue weighted by molar-refractivity contribution is 0.0954. The van der Waals surface area contributed by atoms with E-state index >= 15 is 0 Å². The molecule has 1 amide bonds. The molecule has 0 aliphatic heterocycles. The predicted octanol–water partition coefficient (Wildman–Crippen LogP) is 3.47. The normalized spacial score (nSPS) is 11.4. The third-order valence-electron chi connectivity index (χ3n) is 4.77. The van der Waals surface area contributed by atoms with Gasteiger partial charge in [-0.2, -0.15) is 0 Å². The van der Waals surface area contributed by atoms with E-state index in [1.54, 1.807) is 0 Å². The molecule has 3 aromatic rings. The molecule has 0 aliphatic carbocycles. The number of nitrogens with one attached hydrogen (secondary N) is 1. The minimum atomic E-state index is -3.26. The molecule has 0 atom stereocenters. The molecule has 0 saturated carbocycles. The van der Waals surface area contributed by atoms with Crippen molar-refractivity contribution < 1.29 is 13.2 Å². The Morgan fingerprint density at radius 3 is 2.25 bits per heavy atom. The number of carbonyl (C=O) groups is 1. The van der Waals surface area contributed by atoms with Gasteiger partial charge in [0.05, 0.1) is 4.90 Å². The summed E-state index contributed by atoms with van der Waals surface area (Å²) in [4.78, 5) is 12.5. The van der Waals surface area contributed by atoms with Crippen molar-refractivity contribution in [3.63, 3.8) is 0 Å². The van der Waals surface area contributed by atoms with Crippen LogP contribution in [0.5, 0.6) is 0 Å². The molecule has 0 saturated heterocycles. The third kappa shape index (κ3) is 4.34. The van der Waals surface area contributed by atoms with Crippen LogP contribution >= 0.6 is 0 Å². The van der Waals surface area contributed by atoms with E-state index in [-0.39, 0.29) is 10.8 Å². The highest BCUT2D eigenvalue weighted by Gasteiger charge is 2.12. The van der Waals surface area contributed by atoms with E-state index in [1.807, 2.05) is 18.2 Å². The molecule has 0 aliphatic rings. The topological polar surface area (TPSA) is 68.2 Å². The largest absolute Gasteiger partial charge is 0.352 e. The number of carbonyl (C=O) groups excluding carboxylic acids is 1. The highest BCUT2D eigenvalue weighted by Crippen LogP contribution is 2.21. The summed E-state index contributed by atoms with van der Waals surface area (Å²) in [6.45, 7) is 4.66. The van der Waals surface area contributed by atoms with E-state index in [1.165, 1.54) is 29.8 Å². The average Bonchev–Trinajstić information content (AvgIpc) is 2.95. The number of sulfone groups is 1. The molecule has 5 nitrogen and oxygen atoms in total. The summed E-state index contributed by atoms with van der Waals surface area (Å²) in [5, 5.41) is 2.90. The first-order valence-electron chi connectivity index (χ1n) is 9.09. The summed E-state index contributed by atoms with van der Waals surface area (Å²) in [6, 6.07) is 18.3. The van der Waals surface area contributed by atoms with E-state index in [4.69, 9.17) is 0 Å². The molecule has 6 heteroatoms. The van der Waals surface area contributed by atoms with E-state index in [0.717, 1.165) is 29.8 Å². The molecule has 0 bridgehead atoms. The second-order valence-corrected chi connectivity index (χ2v) is 8.89. The molecule has 0 spiro atoms. The Bertz CT molecular complexity index is 1080. The first kappa shape index (κ1) is 19.9. The van der Waals surface area contributed by atoms with Gasteiger partial charge < -0.3 is 9.88 Å². The number of hydrogen-bond acceptors (Lipinski definition) is 3. The van der Waals surface area contributed by atoms with Crippen LogP contribution in [0.1, 0.15) is 27.3 Å². The van der Waals surface area contributed by atoms with Gasteiger partial charge >= 0.3 is 0 Å². The van der Waals surface area contributed by atoms with Crippen LogP contribution in [-0.2, 0) is 16.3 Å². The van der Waals surface area contributed by atoms with Crippen LogP contribution in [0.2, 0.25) is 0 Å². The molecule has 1 N–H and O–H groups in total. The first-order valence-corrected chi connectivity index (χ1v) is 11.0. The molecule has 1 aromatic heterocycles. The van der Waals surface area contributed by atoms with Gasteiger partial charge in [-0.1, -0.05) is 18.2 Å². The van der Waals surface area contributed by atoms with Gasteiger partial charge in [0, 0.05) is 35.4 Å². The van der Waals surface area contributed by atoms with E-state index in [0.29, 0.717) is 12.1 Å². The number of aromatic nitrogens is 1. The molecule has 0 unspecified atom stereocenters. The fraction of sp³-hybridized carbons (Fsp3) is 0.227. The van der Waals surface area contributed by atoms with Crippen LogP contribution < -0.4 is 5.32 Å². The Hall–Kier alpha value is -2.86. The fourth-order valence-electron chi connectivity index (χ4n) is 3.32. The van der Waals surface area contributed by atoms with Crippen LogP contribution in [0.15, 0.2) is 65.6 Å². The number of nitrogens with zero attached hydrogens (tertiary/aromatic N) is 1. The van der Waals surface area contributed by atoms with E-state index < -0.39 is 9.84 Å². The summed E-state index contributed by atoms with van der Waals surface area (Å²) in [7, 11) is -3.26. The zero-order valence-electron chi connectivity index (χ0n) is 16.3. The number of para-hydroxylation sites is 1. The molecule has 2 aromatic carbocycles. The van der Waals surface area contributed by atoms with Crippen molar-refractivity contribution in [2.75, 3.05) is 12.8 Å². The van der Waals surface area contributed by atoms with Crippen LogP contribution in [0.4, 0.5) is 0 Å². The fourth-order valence-corrected chi connectivity index (χ4v) is 3.95.